The zero-order valence-electron chi connectivity index (χ0n) is 11.1. The van der Waals surface area contributed by atoms with Gasteiger partial charge in [-0.1, -0.05) is 30.3 Å². The number of halogens is 1. The molecule has 0 saturated heterocycles. The average Bonchev–Trinajstić information content (AvgIpc) is 2.82. The van der Waals surface area contributed by atoms with Crippen molar-refractivity contribution in [3.63, 3.8) is 0 Å². The molecule has 1 N–H and O–H groups in total. The standard InChI is InChI=1S/C17H16FNO/c18-14-5-3-6-15(11-14)19-17(20)10-13-9-8-12-4-1-2-7-16(12)13/h1-7,11,13H,8-10H2,(H,19,20). The molecule has 3 heteroatoms. The van der Waals surface area contributed by atoms with Crippen LogP contribution in [0.1, 0.15) is 29.9 Å². The van der Waals surface area contributed by atoms with Gasteiger partial charge in [0.05, 0.1) is 0 Å². The molecule has 102 valence electrons. The predicted octanol–water partition coefficient (Wildman–Crippen LogP) is 3.88. The monoisotopic (exact) mass is 269 g/mol. The molecule has 2 aromatic rings. The molecule has 20 heavy (non-hydrogen) atoms. The maximum atomic E-state index is 13.1. The third-order valence-electron chi connectivity index (χ3n) is 3.80. The quantitative estimate of drug-likeness (QED) is 0.900. The second kappa shape index (κ2) is 5.45. The second-order valence-electron chi connectivity index (χ2n) is 5.20. The highest BCUT2D eigenvalue weighted by molar-refractivity contribution is 5.91. The van der Waals surface area contributed by atoms with Crippen molar-refractivity contribution in [2.24, 2.45) is 0 Å². The van der Waals surface area contributed by atoms with Gasteiger partial charge in [0.2, 0.25) is 5.91 Å². The van der Waals surface area contributed by atoms with E-state index < -0.39 is 0 Å². The summed E-state index contributed by atoms with van der Waals surface area (Å²) in [4.78, 5) is 12.1. The number of rotatable bonds is 3. The molecule has 0 saturated carbocycles. The summed E-state index contributed by atoms with van der Waals surface area (Å²) in [6.07, 6.45) is 2.50. The van der Waals surface area contributed by atoms with E-state index in [-0.39, 0.29) is 17.6 Å². The van der Waals surface area contributed by atoms with Crippen LogP contribution in [0.2, 0.25) is 0 Å². The first-order valence-corrected chi connectivity index (χ1v) is 6.85. The smallest absolute Gasteiger partial charge is 0.224 e. The Morgan fingerprint density at radius 2 is 2.05 bits per heavy atom. The van der Waals surface area contributed by atoms with E-state index in [0.717, 1.165) is 12.8 Å². The van der Waals surface area contributed by atoms with Crippen LogP contribution >= 0.6 is 0 Å². The number of carbonyl (C=O) groups is 1. The molecule has 1 aliphatic rings. The number of fused-ring (bicyclic) bond motifs is 1. The molecule has 1 unspecified atom stereocenters. The van der Waals surface area contributed by atoms with E-state index in [1.54, 1.807) is 12.1 Å². The number of anilines is 1. The summed E-state index contributed by atoms with van der Waals surface area (Å²) in [5.74, 6) is -0.119. The maximum Gasteiger partial charge on any atom is 0.224 e. The summed E-state index contributed by atoms with van der Waals surface area (Å²) < 4.78 is 13.1. The minimum absolute atomic E-state index is 0.0581. The van der Waals surface area contributed by atoms with Gasteiger partial charge in [0.25, 0.3) is 0 Å². The molecule has 0 bridgehead atoms. The number of benzene rings is 2. The second-order valence-corrected chi connectivity index (χ2v) is 5.20. The van der Waals surface area contributed by atoms with Crippen LogP contribution in [0, 0.1) is 5.82 Å². The lowest BCUT2D eigenvalue weighted by Crippen LogP contribution is -2.14. The molecular weight excluding hydrogens is 253 g/mol. The Labute approximate surface area is 117 Å². The highest BCUT2D eigenvalue weighted by atomic mass is 19.1. The third kappa shape index (κ3) is 2.72. The molecule has 0 heterocycles. The lowest BCUT2D eigenvalue weighted by molar-refractivity contribution is -0.116. The number of hydrogen-bond donors (Lipinski definition) is 1. The van der Waals surface area contributed by atoms with E-state index in [1.807, 2.05) is 12.1 Å². The van der Waals surface area contributed by atoms with Crippen LogP contribution in [0.4, 0.5) is 10.1 Å². The summed E-state index contributed by atoms with van der Waals surface area (Å²) in [5.41, 5.74) is 3.14. The van der Waals surface area contributed by atoms with Crippen LogP contribution in [0.5, 0.6) is 0 Å². The number of amides is 1. The number of nitrogens with one attached hydrogen (secondary N) is 1. The first kappa shape index (κ1) is 12.9. The van der Waals surface area contributed by atoms with Gasteiger partial charge in [-0.3, -0.25) is 4.79 Å². The van der Waals surface area contributed by atoms with Crippen molar-refractivity contribution >= 4 is 11.6 Å². The summed E-state index contributed by atoms with van der Waals surface area (Å²) in [6.45, 7) is 0. The van der Waals surface area contributed by atoms with Gasteiger partial charge in [0.15, 0.2) is 0 Å². The van der Waals surface area contributed by atoms with Gasteiger partial charge in [-0.15, -0.1) is 0 Å². The fourth-order valence-electron chi connectivity index (χ4n) is 2.86. The van der Waals surface area contributed by atoms with Crippen molar-refractivity contribution in [3.8, 4) is 0 Å². The Bertz CT molecular complexity index is 638. The summed E-state index contributed by atoms with van der Waals surface area (Å²) >= 11 is 0. The van der Waals surface area contributed by atoms with E-state index in [9.17, 15) is 9.18 Å². The van der Waals surface area contributed by atoms with Gasteiger partial charge in [-0.25, -0.2) is 4.39 Å². The Balaban J connectivity index is 1.66. The van der Waals surface area contributed by atoms with Gasteiger partial charge >= 0.3 is 0 Å². The fraction of sp³-hybridized carbons (Fsp3) is 0.235. The van der Waals surface area contributed by atoms with Gasteiger partial charge in [0, 0.05) is 12.1 Å². The van der Waals surface area contributed by atoms with Crippen molar-refractivity contribution < 1.29 is 9.18 Å². The van der Waals surface area contributed by atoms with Crippen LogP contribution in [-0.2, 0) is 11.2 Å². The Kier molecular flexibility index (Phi) is 3.50. The molecule has 0 aliphatic heterocycles. The molecule has 1 aliphatic carbocycles. The Hall–Kier alpha value is -2.16. The van der Waals surface area contributed by atoms with Crippen molar-refractivity contribution in [2.45, 2.75) is 25.2 Å². The van der Waals surface area contributed by atoms with Crippen LogP contribution in [0.3, 0.4) is 0 Å². The van der Waals surface area contributed by atoms with Gasteiger partial charge in [-0.2, -0.15) is 0 Å². The van der Waals surface area contributed by atoms with Crippen molar-refractivity contribution in [1.29, 1.82) is 0 Å². The number of carbonyl (C=O) groups excluding carboxylic acids is 1. The molecule has 0 fully saturated rings. The van der Waals surface area contributed by atoms with Crippen molar-refractivity contribution in [3.05, 3.63) is 65.5 Å². The Morgan fingerprint density at radius 1 is 1.20 bits per heavy atom. The maximum absolute atomic E-state index is 13.1. The molecular formula is C17H16FNO. The molecule has 2 aromatic carbocycles. The van der Waals surface area contributed by atoms with Gasteiger partial charge in [0.1, 0.15) is 5.82 Å². The topological polar surface area (TPSA) is 29.1 Å². The Morgan fingerprint density at radius 3 is 2.90 bits per heavy atom. The summed E-state index contributed by atoms with van der Waals surface area (Å²) in [6, 6.07) is 14.3. The predicted molar refractivity (Wildman–Crippen MR) is 77.2 cm³/mol. The minimum Gasteiger partial charge on any atom is -0.326 e. The molecule has 1 atom stereocenters. The first-order valence-electron chi connectivity index (χ1n) is 6.85. The molecule has 3 rings (SSSR count). The van der Waals surface area contributed by atoms with Crippen LogP contribution < -0.4 is 5.32 Å². The van der Waals surface area contributed by atoms with Crippen LogP contribution in [-0.4, -0.2) is 5.91 Å². The largest absolute Gasteiger partial charge is 0.326 e. The molecule has 0 aromatic heterocycles. The summed E-state index contributed by atoms with van der Waals surface area (Å²) in [7, 11) is 0. The van der Waals surface area contributed by atoms with Crippen LogP contribution in [0.15, 0.2) is 48.5 Å². The van der Waals surface area contributed by atoms with Crippen molar-refractivity contribution in [1.82, 2.24) is 0 Å². The van der Waals surface area contributed by atoms with E-state index in [0.29, 0.717) is 12.1 Å². The lowest BCUT2D eigenvalue weighted by atomic mass is 9.97. The zero-order valence-corrected chi connectivity index (χ0v) is 11.1. The van der Waals surface area contributed by atoms with E-state index >= 15 is 0 Å². The van der Waals surface area contributed by atoms with Gasteiger partial charge < -0.3 is 5.32 Å². The average molecular weight is 269 g/mol. The molecule has 0 spiro atoms. The number of aryl methyl sites for hydroxylation is 1. The lowest BCUT2D eigenvalue weighted by Gasteiger charge is -2.11. The zero-order chi connectivity index (χ0) is 13.9. The van der Waals surface area contributed by atoms with Crippen molar-refractivity contribution in [2.75, 3.05) is 5.32 Å². The summed E-state index contributed by atoms with van der Waals surface area (Å²) in [5, 5.41) is 2.76. The normalized spacial score (nSPS) is 16.8. The first-order chi connectivity index (χ1) is 9.72. The van der Waals surface area contributed by atoms with Crippen LogP contribution in [0.25, 0.3) is 0 Å². The molecule has 1 amide bonds. The SMILES string of the molecule is O=C(CC1CCc2ccccc21)Nc1cccc(F)c1. The highest BCUT2D eigenvalue weighted by Gasteiger charge is 2.24. The minimum atomic E-state index is -0.339. The molecule has 2 nitrogen and oxygen atoms in total. The highest BCUT2D eigenvalue weighted by Crippen LogP contribution is 2.35. The third-order valence-corrected chi connectivity index (χ3v) is 3.80. The molecule has 0 radical (unpaired) electrons. The number of hydrogen-bond acceptors (Lipinski definition) is 1. The fourth-order valence-corrected chi connectivity index (χ4v) is 2.86. The van der Waals surface area contributed by atoms with E-state index in [4.69, 9.17) is 0 Å². The van der Waals surface area contributed by atoms with E-state index in [2.05, 4.69) is 17.4 Å². The van der Waals surface area contributed by atoms with Gasteiger partial charge in [-0.05, 0) is 48.1 Å². The van der Waals surface area contributed by atoms with E-state index in [1.165, 1.54) is 23.3 Å².